The molecule has 0 bridgehead atoms. The normalized spacial score (nSPS) is 9.76. The average Bonchev–Trinajstić information content (AvgIpc) is 2.49. The quantitative estimate of drug-likeness (QED) is 0.598. The van der Waals surface area contributed by atoms with E-state index in [0.717, 1.165) is 0 Å². The van der Waals surface area contributed by atoms with Crippen molar-refractivity contribution < 1.29 is 19.4 Å². The Morgan fingerprint density at radius 1 is 1.00 bits per heavy atom. The summed E-state index contributed by atoms with van der Waals surface area (Å²) >= 11 is 0. The number of para-hydroxylation sites is 2. The van der Waals surface area contributed by atoms with Crippen molar-refractivity contribution in [1.29, 1.82) is 0 Å². The summed E-state index contributed by atoms with van der Waals surface area (Å²) in [7, 11) is 1.30. The maximum atomic E-state index is 11.8. The molecular weight excluding hydrogens is 272 g/mol. The first-order valence-corrected chi connectivity index (χ1v) is 6.14. The van der Waals surface area contributed by atoms with Gasteiger partial charge in [0.2, 0.25) is 0 Å². The van der Waals surface area contributed by atoms with Gasteiger partial charge in [-0.2, -0.15) is 0 Å². The van der Waals surface area contributed by atoms with Crippen molar-refractivity contribution in [3.8, 4) is 5.75 Å². The second-order valence-corrected chi connectivity index (χ2v) is 4.17. The lowest BCUT2D eigenvalue weighted by molar-refractivity contribution is 0.0601. The lowest BCUT2D eigenvalue weighted by Crippen LogP contribution is -2.19. The van der Waals surface area contributed by atoms with Crippen LogP contribution in [0.2, 0.25) is 0 Å². The predicted octanol–water partition coefficient (Wildman–Crippen LogP) is 2.82. The molecule has 0 aliphatic heterocycles. The molecule has 2 aromatic rings. The fraction of sp³-hybridized carbons (Fsp3) is 0.0667. The molecule has 6 heteroatoms. The summed E-state index contributed by atoms with van der Waals surface area (Å²) in [6.45, 7) is 0. The number of hydrogen-bond acceptors (Lipinski definition) is 4. The second kappa shape index (κ2) is 6.42. The summed E-state index contributed by atoms with van der Waals surface area (Å²) in [5.41, 5.74) is 1.21. The molecule has 2 amide bonds. The Morgan fingerprint density at radius 3 is 2.29 bits per heavy atom. The summed E-state index contributed by atoms with van der Waals surface area (Å²) in [6.07, 6.45) is 0. The average molecular weight is 286 g/mol. The summed E-state index contributed by atoms with van der Waals surface area (Å²) in [4.78, 5) is 23.1. The van der Waals surface area contributed by atoms with Crippen molar-refractivity contribution in [2.75, 3.05) is 17.7 Å². The Labute approximate surface area is 121 Å². The molecule has 0 saturated carbocycles. The zero-order valence-electron chi connectivity index (χ0n) is 11.3. The monoisotopic (exact) mass is 286 g/mol. The minimum Gasteiger partial charge on any atom is -0.506 e. The molecule has 0 saturated heterocycles. The molecule has 0 unspecified atom stereocenters. The molecule has 0 atom stereocenters. The number of nitrogens with one attached hydrogen (secondary N) is 2. The molecule has 0 radical (unpaired) electrons. The standard InChI is InChI=1S/C15H14N2O4/c1-21-14(19)10-6-8-11(9-7-10)16-15(20)17-12-4-2-3-5-13(12)18/h2-9,18H,1H3,(H2,16,17,20). The third kappa shape index (κ3) is 3.73. The summed E-state index contributed by atoms with van der Waals surface area (Å²) < 4.78 is 4.58. The number of ether oxygens (including phenoxy) is 1. The van der Waals surface area contributed by atoms with Crippen LogP contribution in [0.5, 0.6) is 5.75 Å². The van der Waals surface area contributed by atoms with Gasteiger partial charge >= 0.3 is 12.0 Å². The summed E-state index contributed by atoms with van der Waals surface area (Å²) in [6, 6.07) is 12.2. The zero-order chi connectivity index (χ0) is 15.2. The number of carbonyl (C=O) groups is 2. The van der Waals surface area contributed by atoms with Crippen LogP contribution in [-0.4, -0.2) is 24.2 Å². The van der Waals surface area contributed by atoms with Crippen LogP contribution in [0.3, 0.4) is 0 Å². The first-order chi connectivity index (χ1) is 10.1. The van der Waals surface area contributed by atoms with Crippen molar-refractivity contribution >= 4 is 23.4 Å². The number of methoxy groups -OCH3 is 1. The topological polar surface area (TPSA) is 87.7 Å². The van der Waals surface area contributed by atoms with Crippen LogP contribution in [0.25, 0.3) is 0 Å². The Morgan fingerprint density at radius 2 is 1.67 bits per heavy atom. The minimum absolute atomic E-state index is 0.0197. The maximum absolute atomic E-state index is 11.8. The first-order valence-electron chi connectivity index (χ1n) is 6.14. The van der Waals surface area contributed by atoms with Gasteiger partial charge in [0, 0.05) is 5.69 Å². The molecule has 6 nitrogen and oxygen atoms in total. The lowest BCUT2D eigenvalue weighted by atomic mass is 10.2. The smallest absolute Gasteiger partial charge is 0.337 e. The van der Waals surface area contributed by atoms with E-state index >= 15 is 0 Å². The van der Waals surface area contributed by atoms with E-state index in [1.54, 1.807) is 42.5 Å². The highest BCUT2D eigenvalue weighted by Crippen LogP contribution is 2.21. The third-order valence-electron chi connectivity index (χ3n) is 2.72. The van der Waals surface area contributed by atoms with Gasteiger partial charge < -0.3 is 20.5 Å². The maximum Gasteiger partial charge on any atom is 0.337 e. The summed E-state index contributed by atoms with van der Waals surface area (Å²) in [5.74, 6) is -0.464. The number of esters is 1. The van der Waals surface area contributed by atoms with Crippen LogP contribution >= 0.6 is 0 Å². The molecule has 0 aromatic heterocycles. The number of anilines is 2. The summed E-state index contributed by atoms with van der Waals surface area (Å²) in [5, 5.41) is 14.7. The van der Waals surface area contributed by atoms with Crippen LogP contribution in [0, 0.1) is 0 Å². The number of amides is 2. The van der Waals surface area contributed by atoms with Crippen LogP contribution in [0.4, 0.5) is 16.2 Å². The molecular formula is C15H14N2O4. The number of aromatic hydroxyl groups is 1. The third-order valence-corrected chi connectivity index (χ3v) is 2.72. The molecule has 108 valence electrons. The Kier molecular flexibility index (Phi) is 4.40. The van der Waals surface area contributed by atoms with Crippen molar-refractivity contribution in [3.05, 3.63) is 54.1 Å². The number of carbonyl (C=O) groups excluding carboxylic acids is 2. The van der Waals surface area contributed by atoms with E-state index in [2.05, 4.69) is 15.4 Å². The van der Waals surface area contributed by atoms with Crippen LogP contribution in [0.15, 0.2) is 48.5 Å². The molecule has 2 rings (SSSR count). The van der Waals surface area contributed by atoms with E-state index in [-0.39, 0.29) is 5.75 Å². The van der Waals surface area contributed by atoms with Gasteiger partial charge in [0.25, 0.3) is 0 Å². The van der Waals surface area contributed by atoms with Gasteiger partial charge in [-0.25, -0.2) is 9.59 Å². The molecule has 0 fully saturated rings. The van der Waals surface area contributed by atoms with E-state index in [0.29, 0.717) is 16.9 Å². The zero-order valence-corrected chi connectivity index (χ0v) is 11.3. The van der Waals surface area contributed by atoms with Gasteiger partial charge in [-0.3, -0.25) is 0 Å². The number of phenolic OH excluding ortho intramolecular Hbond substituents is 1. The van der Waals surface area contributed by atoms with Crippen molar-refractivity contribution in [1.82, 2.24) is 0 Å². The number of benzene rings is 2. The van der Waals surface area contributed by atoms with Gasteiger partial charge in [-0.05, 0) is 36.4 Å². The fourth-order valence-corrected chi connectivity index (χ4v) is 1.67. The second-order valence-electron chi connectivity index (χ2n) is 4.17. The van der Waals surface area contributed by atoms with Crippen LogP contribution < -0.4 is 10.6 Å². The van der Waals surface area contributed by atoms with E-state index in [1.807, 2.05) is 0 Å². The Hall–Kier alpha value is -3.02. The highest BCUT2D eigenvalue weighted by molar-refractivity contribution is 6.01. The van der Waals surface area contributed by atoms with E-state index < -0.39 is 12.0 Å². The molecule has 3 N–H and O–H groups in total. The van der Waals surface area contributed by atoms with Crippen LogP contribution in [-0.2, 0) is 4.74 Å². The molecule has 0 heterocycles. The van der Waals surface area contributed by atoms with Gasteiger partial charge in [0.05, 0.1) is 18.4 Å². The van der Waals surface area contributed by atoms with Crippen molar-refractivity contribution in [2.45, 2.75) is 0 Å². The predicted molar refractivity (Wildman–Crippen MR) is 78.5 cm³/mol. The minimum atomic E-state index is -0.498. The molecule has 0 spiro atoms. The number of phenols is 1. The van der Waals surface area contributed by atoms with Crippen molar-refractivity contribution in [2.24, 2.45) is 0 Å². The highest BCUT2D eigenvalue weighted by atomic mass is 16.5. The molecule has 21 heavy (non-hydrogen) atoms. The van der Waals surface area contributed by atoms with E-state index in [1.165, 1.54) is 13.2 Å². The largest absolute Gasteiger partial charge is 0.506 e. The Balaban J connectivity index is 2.00. The van der Waals surface area contributed by atoms with E-state index in [9.17, 15) is 14.7 Å². The lowest BCUT2D eigenvalue weighted by Gasteiger charge is -2.09. The molecule has 0 aliphatic rings. The molecule has 0 aliphatic carbocycles. The van der Waals surface area contributed by atoms with Gasteiger partial charge in [0.1, 0.15) is 5.75 Å². The Bertz CT molecular complexity index is 653. The van der Waals surface area contributed by atoms with Gasteiger partial charge in [-0.15, -0.1) is 0 Å². The van der Waals surface area contributed by atoms with Gasteiger partial charge in [0.15, 0.2) is 0 Å². The van der Waals surface area contributed by atoms with E-state index in [4.69, 9.17) is 0 Å². The highest BCUT2D eigenvalue weighted by Gasteiger charge is 2.07. The number of rotatable bonds is 3. The van der Waals surface area contributed by atoms with Crippen LogP contribution in [0.1, 0.15) is 10.4 Å². The first kappa shape index (κ1) is 14.4. The molecule has 2 aromatic carbocycles. The number of hydrogen-bond donors (Lipinski definition) is 3. The SMILES string of the molecule is COC(=O)c1ccc(NC(=O)Nc2ccccc2O)cc1. The number of urea groups is 1. The van der Waals surface area contributed by atoms with Crippen molar-refractivity contribution in [3.63, 3.8) is 0 Å². The van der Waals surface area contributed by atoms with Gasteiger partial charge in [-0.1, -0.05) is 12.1 Å². The fourth-order valence-electron chi connectivity index (χ4n) is 1.67.